The van der Waals surface area contributed by atoms with Crippen LogP contribution >= 0.6 is 11.6 Å². The minimum atomic E-state index is 0.262. The summed E-state index contributed by atoms with van der Waals surface area (Å²) in [4.78, 5) is 17.8. The number of amides is 1. The molecule has 1 saturated heterocycles. The van der Waals surface area contributed by atoms with Crippen LogP contribution in [-0.2, 0) is 11.3 Å². The molecule has 0 aromatic carbocycles. The Bertz CT molecular complexity index is 391. The molecule has 2 rings (SSSR count). The molecule has 17 heavy (non-hydrogen) atoms. The highest BCUT2D eigenvalue weighted by Crippen LogP contribution is 2.23. The second kappa shape index (κ2) is 5.50. The molecule has 92 valence electrons. The predicted molar refractivity (Wildman–Crippen MR) is 67.7 cm³/mol. The predicted octanol–water partition coefficient (Wildman–Crippen LogP) is 2.88. The summed E-state index contributed by atoms with van der Waals surface area (Å²) in [6, 6.07) is 3.69. The van der Waals surface area contributed by atoms with Crippen molar-refractivity contribution in [3.05, 3.63) is 29.0 Å². The molecule has 0 bridgehead atoms. The van der Waals surface area contributed by atoms with E-state index in [4.69, 9.17) is 11.6 Å². The van der Waals surface area contributed by atoms with E-state index in [1.807, 2.05) is 11.0 Å². The van der Waals surface area contributed by atoms with E-state index in [-0.39, 0.29) is 5.91 Å². The molecular weight excluding hydrogens is 236 g/mol. The number of rotatable bonds is 4. The van der Waals surface area contributed by atoms with Crippen LogP contribution in [0.3, 0.4) is 0 Å². The fourth-order valence-electron chi connectivity index (χ4n) is 2.33. The molecule has 4 heteroatoms. The molecule has 1 aromatic heterocycles. The largest absolute Gasteiger partial charge is 0.338 e. The number of carbonyl (C=O) groups is 1. The molecule has 2 heterocycles. The molecule has 0 aliphatic carbocycles. The van der Waals surface area contributed by atoms with Crippen molar-refractivity contribution in [2.24, 2.45) is 5.92 Å². The highest BCUT2D eigenvalue weighted by molar-refractivity contribution is 6.29. The number of aromatic nitrogens is 1. The summed E-state index contributed by atoms with van der Waals surface area (Å²) in [5, 5.41) is 0.491. The van der Waals surface area contributed by atoms with Crippen LogP contribution in [0.5, 0.6) is 0 Å². The Morgan fingerprint density at radius 2 is 2.35 bits per heavy atom. The van der Waals surface area contributed by atoms with Gasteiger partial charge in [0.05, 0.1) is 0 Å². The zero-order valence-corrected chi connectivity index (χ0v) is 10.8. The van der Waals surface area contributed by atoms with E-state index >= 15 is 0 Å². The van der Waals surface area contributed by atoms with Crippen LogP contribution in [0.1, 0.15) is 31.7 Å². The number of likely N-dealkylation sites (tertiary alicyclic amines) is 1. The van der Waals surface area contributed by atoms with Crippen molar-refractivity contribution in [1.29, 1.82) is 0 Å². The molecule has 0 saturated carbocycles. The molecule has 1 atom stereocenters. The summed E-state index contributed by atoms with van der Waals surface area (Å²) in [7, 11) is 0. The molecule has 1 amide bonds. The number of hydrogen-bond donors (Lipinski definition) is 0. The number of pyridine rings is 1. The van der Waals surface area contributed by atoms with Crippen LogP contribution in [0.4, 0.5) is 0 Å². The van der Waals surface area contributed by atoms with Gasteiger partial charge in [0.2, 0.25) is 5.91 Å². The van der Waals surface area contributed by atoms with Gasteiger partial charge in [-0.25, -0.2) is 4.98 Å². The van der Waals surface area contributed by atoms with Gasteiger partial charge in [-0.1, -0.05) is 31.0 Å². The second-order valence-corrected chi connectivity index (χ2v) is 5.01. The van der Waals surface area contributed by atoms with Crippen molar-refractivity contribution in [3.8, 4) is 0 Å². The molecule has 0 N–H and O–H groups in total. The first-order chi connectivity index (χ1) is 8.19. The minimum Gasteiger partial charge on any atom is -0.338 e. The Kier molecular flexibility index (Phi) is 4.00. The third-order valence-electron chi connectivity index (χ3n) is 3.15. The molecule has 1 aromatic rings. The summed E-state index contributed by atoms with van der Waals surface area (Å²) in [5.41, 5.74) is 1.04. The van der Waals surface area contributed by atoms with Crippen molar-refractivity contribution in [3.63, 3.8) is 0 Å². The normalized spacial score (nSPS) is 20.0. The Balaban J connectivity index is 1.95. The third kappa shape index (κ3) is 3.19. The van der Waals surface area contributed by atoms with Gasteiger partial charge in [0, 0.05) is 25.7 Å². The minimum absolute atomic E-state index is 0.262. The topological polar surface area (TPSA) is 33.2 Å². The van der Waals surface area contributed by atoms with E-state index in [9.17, 15) is 4.79 Å². The van der Waals surface area contributed by atoms with Gasteiger partial charge in [-0.15, -0.1) is 0 Å². The first-order valence-electron chi connectivity index (χ1n) is 6.07. The van der Waals surface area contributed by atoms with Crippen LogP contribution in [0.2, 0.25) is 5.15 Å². The maximum Gasteiger partial charge on any atom is 0.223 e. The van der Waals surface area contributed by atoms with Crippen LogP contribution in [0, 0.1) is 5.92 Å². The lowest BCUT2D eigenvalue weighted by Crippen LogP contribution is -2.24. The number of carbonyl (C=O) groups excluding carboxylic acids is 1. The molecule has 1 aliphatic heterocycles. The van der Waals surface area contributed by atoms with Gasteiger partial charge in [0.1, 0.15) is 5.15 Å². The molecule has 1 fully saturated rings. The quantitative estimate of drug-likeness (QED) is 0.772. The first kappa shape index (κ1) is 12.4. The maximum absolute atomic E-state index is 11.8. The molecule has 0 radical (unpaired) electrons. The van der Waals surface area contributed by atoms with Crippen molar-refractivity contribution < 1.29 is 4.79 Å². The van der Waals surface area contributed by atoms with Gasteiger partial charge in [0.25, 0.3) is 0 Å². The summed E-state index contributed by atoms with van der Waals surface area (Å²) in [5.74, 6) is 0.797. The lowest BCUT2D eigenvalue weighted by molar-refractivity contribution is -0.128. The van der Waals surface area contributed by atoms with Crippen LogP contribution in [0.25, 0.3) is 0 Å². The van der Waals surface area contributed by atoms with Crippen molar-refractivity contribution in [1.82, 2.24) is 9.88 Å². The fourth-order valence-corrected chi connectivity index (χ4v) is 2.44. The van der Waals surface area contributed by atoms with Gasteiger partial charge in [-0.2, -0.15) is 0 Å². The summed E-state index contributed by atoms with van der Waals surface area (Å²) >= 11 is 5.73. The summed E-state index contributed by atoms with van der Waals surface area (Å²) in [6.07, 6.45) is 4.73. The van der Waals surface area contributed by atoms with E-state index in [0.29, 0.717) is 24.0 Å². The van der Waals surface area contributed by atoms with Gasteiger partial charge in [-0.05, 0) is 24.0 Å². The second-order valence-electron chi connectivity index (χ2n) is 4.62. The van der Waals surface area contributed by atoms with Gasteiger partial charge in [0.15, 0.2) is 0 Å². The third-order valence-corrected chi connectivity index (χ3v) is 3.38. The molecule has 1 unspecified atom stereocenters. The van der Waals surface area contributed by atoms with Gasteiger partial charge in [-0.3, -0.25) is 4.79 Å². The van der Waals surface area contributed by atoms with E-state index in [2.05, 4.69) is 11.9 Å². The zero-order valence-electron chi connectivity index (χ0n) is 10.0. The lowest BCUT2D eigenvalue weighted by atomic mass is 10.0. The average Bonchev–Trinajstić information content (AvgIpc) is 2.63. The molecule has 1 aliphatic rings. The fraction of sp³-hybridized carbons (Fsp3) is 0.538. The zero-order chi connectivity index (χ0) is 12.3. The molecule has 3 nitrogen and oxygen atoms in total. The maximum atomic E-state index is 11.8. The Morgan fingerprint density at radius 1 is 1.53 bits per heavy atom. The molecular formula is C13H17ClN2O. The van der Waals surface area contributed by atoms with E-state index in [1.54, 1.807) is 12.3 Å². The smallest absolute Gasteiger partial charge is 0.223 e. The highest BCUT2D eigenvalue weighted by atomic mass is 35.5. The SMILES string of the molecule is CCCC1CC(=O)N(Cc2ccc(Cl)nc2)C1. The Labute approximate surface area is 107 Å². The number of nitrogens with zero attached hydrogens (tertiary/aromatic N) is 2. The number of hydrogen-bond acceptors (Lipinski definition) is 2. The Morgan fingerprint density at radius 3 is 3.00 bits per heavy atom. The van der Waals surface area contributed by atoms with Gasteiger partial charge >= 0.3 is 0 Å². The summed E-state index contributed by atoms with van der Waals surface area (Å²) < 4.78 is 0. The number of halogens is 1. The van der Waals surface area contributed by atoms with E-state index in [0.717, 1.165) is 24.9 Å². The Hall–Kier alpha value is -1.09. The summed E-state index contributed by atoms with van der Waals surface area (Å²) in [6.45, 7) is 3.70. The van der Waals surface area contributed by atoms with Gasteiger partial charge < -0.3 is 4.90 Å². The van der Waals surface area contributed by atoms with Crippen molar-refractivity contribution in [2.45, 2.75) is 32.7 Å². The van der Waals surface area contributed by atoms with Crippen molar-refractivity contribution in [2.75, 3.05) is 6.54 Å². The van der Waals surface area contributed by atoms with E-state index in [1.165, 1.54) is 0 Å². The standard InChI is InChI=1S/C13H17ClN2O/c1-2-3-10-6-13(17)16(8-10)9-11-4-5-12(14)15-7-11/h4-5,7,10H,2-3,6,8-9H2,1H3. The first-order valence-corrected chi connectivity index (χ1v) is 6.45. The lowest BCUT2D eigenvalue weighted by Gasteiger charge is -2.16. The van der Waals surface area contributed by atoms with Crippen LogP contribution in [0.15, 0.2) is 18.3 Å². The molecule has 0 spiro atoms. The van der Waals surface area contributed by atoms with E-state index < -0.39 is 0 Å². The monoisotopic (exact) mass is 252 g/mol. The van der Waals surface area contributed by atoms with Crippen molar-refractivity contribution >= 4 is 17.5 Å². The van der Waals surface area contributed by atoms with Crippen LogP contribution < -0.4 is 0 Å². The average molecular weight is 253 g/mol. The van der Waals surface area contributed by atoms with Crippen LogP contribution in [-0.4, -0.2) is 22.3 Å². The highest BCUT2D eigenvalue weighted by Gasteiger charge is 2.28.